The van der Waals surface area contributed by atoms with Crippen molar-refractivity contribution in [1.82, 2.24) is 10.2 Å². The highest BCUT2D eigenvalue weighted by atomic mass is 16.2. The average molecular weight is 252 g/mol. The predicted octanol–water partition coefficient (Wildman–Crippen LogP) is 2.56. The molecule has 2 heterocycles. The molecular formula is C15H28N2O. The number of carbonyl (C=O) groups is 1. The Morgan fingerprint density at radius 2 is 2.11 bits per heavy atom. The lowest BCUT2D eigenvalue weighted by molar-refractivity contribution is -0.136. The van der Waals surface area contributed by atoms with Crippen LogP contribution in [-0.4, -0.2) is 36.0 Å². The van der Waals surface area contributed by atoms with Gasteiger partial charge < -0.3 is 10.2 Å². The summed E-state index contributed by atoms with van der Waals surface area (Å²) < 4.78 is 0. The van der Waals surface area contributed by atoms with Gasteiger partial charge in [0.15, 0.2) is 0 Å². The highest BCUT2D eigenvalue weighted by Crippen LogP contribution is 2.23. The lowest BCUT2D eigenvalue weighted by Gasteiger charge is -2.35. The Morgan fingerprint density at radius 3 is 2.89 bits per heavy atom. The summed E-state index contributed by atoms with van der Waals surface area (Å²) in [7, 11) is 0. The first-order valence-electron chi connectivity index (χ1n) is 7.76. The smallest absolute Gasteiger partial charge is 0.239 e. The van der Waals surface area contributed by atoms with Crippen molar-refractivity contribution in [2.24, 2.45) is 5.92 Å². The molecule has 0 bridgehead atoms. The first-order chi connectivity index (χ1) is 8.72. The number of hydrogen-bond acceptors (Lipinski definition) is 2. The molecule has 3 nitrogen and oxygen atoms in total. The van der Waals surface area contributed by atoms with Gasteiger partial charge in [-0.3, -0.25) is 4.79 Å². The fraction of sp³-hybridized carbons (Fsp3) is 0.933. The Labute approximate surface area is 111 Å². The molecule has 3 heteroatoms. The van der Waals surface area contributed by atoms with Crippen LogP contribution in [0.1, 0.15) is 58.8 Å². The summed E-state index contributed by atoms with van der Waals surface area (Å²) in [5.41, 5.74) is 0. The molecule has 2 fully saturated rings. The van der Waals surface area contributed by atoms with E-state index in [-0.39, 0.29) is 6.04 Å². The van der Waals surface area contributed by atoms with E-state index in [1.165, 1.54) is 38.5 Å². The third kappa shape index (κ3) is 3.25. The quantitative estimate of drug-likeness (QED) is 0.819. The largest absolute Gasteiger partial charge is 0.339 e. The molecule has 2 rings (SSSR count). The summed E-state index contributed by atoms with van der Waals surface area (Å²) >= 11 is 0. The standard InChI is InChI=1S/C15H28N2O/c1-3-13-8-9-16-14(11-13)15(18)17-10-6-4-5-7-12(17)2/h12-14,16H,3-11H2,1-2H3. The lowest BCUT2D eigenvalue weighted by Crippen LogP contribution is -2.52. The van der Waals surface area contributed by atoms with Crippen LogP contribution in [0.15, 0.2) is 0 Å². The van der Waals surface area contributed by atoms with Crippen molar-refractivity contribution in [2.45, 2.75) is 70.9 Å². The molecule has 2 aliphatic rings. The highest BCUT2D eigenvalue weighted by molar-refractivity contribution is 5.82. The van der Waals surface area contributed by atoms with Crippen LogP contribution in [0, 0.1) is 5.92 Å². The summed E-state index contributed by atoms with van der Waals surface area (Å²) in [6, 6.07) is 0.521. The maximum Gasteiger partial charge on any atom is 0.239 e. The molecule has 0 aromatic rings. The number of likely N-dealkylation sites (tertiary alicyclic amines) is 1. The molecule has 1 N–H and O–H groups in total. The predicted molar refractivity (Wildman–Crippen MR) is 74.4 cm³/mol. The van der Waals surface area contributed by atoms with E-state index >= 15 is 0 Å². The third-order valence-electron chi connectivity index (χ3n) is 4.72. The van der Waals surface area contributed by atoms with E-state index in [4.69, 9.17) is 0 Å². The zero-order valence-electron chi connectivity index (χ0n) is 12.0. The van der Waals surface area contributed by atoms with Crippen molar-refractivity contribution in [3.05, 3.63) is 0 Å². The minimum Gasteiger partial charge on any atom is -0.339 e. The molecule has 2 saturated heterocycles. The van der Waals surface area contributed by atoms with Gasteiger partial charge in [0.25, 0.3) is 0 Å². The second kappa shape index (κ2) is 6.55. The molecule has 0 spiro atoms. The van der Waals surface area contributed by atoms with Crippen LogP contribution < -0.4 is 5.32 Å². The third-order valence-corrected chi connectivity index (χ3v) is 4.72. The van der Waals surface area contributed by atoms with Crippen LogP contribution in [-0.2, 0) is 4.79 Å². The summed E-state index contributed by atoms with van der Waals surface area (Å²) in [6.07, 6.45) is 8.40. The van der Waals surface area contributed by atoms with Gasteiger partial charge in [0.1, 0.15) is 0 Å². The number of hydrogen-bond donors (Lipinski definition) is 1. The van der Waals surface area contributed by atoms with Crippen molar-refractivity contribution in [3.8, 4) is 0 Å². The zero-order valence-corrected chi connectivity index (χ0v) is 12.0. The first-order valence-corrected chi connectivity index (χ1v) is 7.76. The number of carbonyl (C=O) groups excluding carboxylic acids is 1. The minimum absolute atomic E-state index is 0.0873. The van der Waals surface area contributed by atoms with Gasteiger partial charge >= 0.3 is 0 Å². The molecule has 0 aromatic heterocycles. The maximum absolute atomic E-state index is 12.6. The molecule has 0 radical (unpaired) electrons. The van der Waals surface area contributed by atoms with Crippen LogP contribution in [0.3, 0.4) is 0 Å². The minimum atomic E-state index is 0.0873. The summed E-state index contributed by atoms with van der Waals surface area (Å²) in [6.45, 7) is 6.43. The van der Waals surface area contributed by atoms with E-state index in [1.807, 2.05) is 0 Å². The Morgan fingerprint density at radius 1 is 1.28 bits per heavy atom. The van der Waals surface area contributed by atoms with Crippen LogP contribution in [0.4, 0.5) is 0 Å². The topological polar surface area (TPSA) is 32.3 Å². The molecule has 0 aromatic carbocycles. The van der Waals surface area contributed by atoms with Gasteiger partial charge in [-0.1, -0.05) is 26.2 Å². The number of piperidine rings is 1. The molecule has 0 aliphatic carbocycles. The van der Waals surface area contributed by atoms with Crippen molar-refractivity contribution < 1.29 is 4.79 Å². The molecule has 104 valence electrons. The van der Waals surface area contributed by atoms with Gasteiger partial charge in [-0.2, -0.15) is 0 Å². The zero-order chi connectivity index (χ0) is 13.0. The Kier molecular flexibility index (Phi) is 5.04. The monoisotopic (exact) mass is 252 g/mol. The molecule has 0 saturated carbocycles. The second-order valence-electron chi connectivity index (χ2n) is 6.04. The second-order valence-corrected chi connectivity index (χ2v) is 6.04. The van der Waals surface area contributed by atoms with E-state index in [1.54, 1.807) is 0 Å². The van der Waals surface area contributed by atoms with Crippen LogP contribution >= 0.6 is 0 Å². The van der Waals surface area contributed by atoms with Gasteiger partial charge in [0.05, 0.1) is 6.04 Å². The summed E-state index contributed by atoms with van der Waals surface area (Å²) in [5.74, 6) is 1.10. The Bertz CT molecular complexity index is 280. The Balaban J connectivity index is 1.96. The van der Waals surface area contributed by atoms with Crippen molar-refractivity contribution in [1.29, 1.82) is 0 Å². The molecule has 18 heavy (non-hydrogen) atoms. The summed E-state index contributed by atoms with van der Waals surface area (Å²) in [4.78, 5) is 14.8. The van der Waals surface area contributed by atoms with E-state index < -0.39 is 0 Å². The molecule has 3 atom stereocenters. The summed E-state index contributed by atoms with van der Waals surface area (Å²) in [5, 5.41) is 3.43. The van der Waals surface area contributed by atoms with Crippen molar-refractivity contribution >= 4 is 5.91 Å². The number of nitrogens with zero attached hydrogens (tertiary/aromatic N) is 1. The normalized spacial score (nSPS) is 34.1. The molecule has 2 aliphatic heterocycles. The van der Waals surface area contributed by atoms with Gasteiger partial charge in [0, 0.05) is 12.6 Å². The van der Waals surface area contributed by atoms with Crippen LogP contribution in [0.2, 0.25) is 0 Å². The van der Waals surface area contributed by atoms with E-state index in [2.05, 4.69) is 24.1 Å². The first kappa shape index (κ1) is 13.9. The van der Waals surface area contributed by atoms with Crippen LogP contribution in [0.25, 0.3) is 0 Å². The number of rotatable bonds is 2. The molecule has 3 unspecified atom stereocenters. The number of nitrogens with one attached hydrogen (secondary N) is 1. The lowest BCUT2D eigenvalue weighted by atomic mass is 9.89. The van der Waals surface area contributed by atoms with Gasteiger partial charge in [-0.15, -0.1) is 0 Å². The Hall–Kier alpha value is -0.570. The SMILES string of the molecule is CCC1CCNC(C(=O)N2CCCCCC2C)C1. The average Bonchev–Trinajstić information content (AvgIpc) is 2.62. The maximum atomic E-state index is 12.6. The van der Waals surface area contributed by atoms with Crippen molar-refractivity contribution in [3.63, 3.8) is 0 Å². The van der Waals surface area contributed by atoms with E-state index in [9.17, 15) is 4.79 Å². The van der Waals surface area contributed by atoms with E-state index in [0.717, 1.165) is 25.4 Å². The highest BCUT2D eigenvalue weighted by Gasteiger charge is 2.31. The van der Waals surface area contributed by atoms with Gasteiger partial charge in [0.2, 0.25) is 5.91 Å². The number of amides is 1. The van der Waals surface area contributed by atoms with Crippen molar-refractivity contribution in [2.75, 3.05) is 13.1 Å². The van der Waals surface area contributed by atoms with Crippen LogP contribution in [0.5, 0.6) is 0 Å². The van der Waals surface area contributed by atoms with Gasteiger partial charge in [-0.05, 0) is 45.1 Å². The molecule has 1 amide bonds. The van der Waals surface area contributed by atoms with E-state index in [0.29, 0.717) is 11.9 Å². The fourth-order valence-corrected chi connectivity index (χ4v) is 3.36. The fourth-order valence-electron chi connectivity index (χ4n) is 3.36. The van der Waals surface area contributed by atoms with Gasteiger partial charge in [-0.25, -0.2) is 0 Å². The molecular weight excluding hydrogens is 224 g/mol.